The van der Waals surface area contributed by atoms with Gasteiger partial charge < -0.3 is 14.9 Å². The van der Waals surface area contributed by atoms with Gasteiger partial charge in [-0.1, -0.05) is 6.92 Å². The summed E-state index contributed by atoms with van der Waals surface area (Å²) in [7, 11) is 3.57. The Hall–Kier alpha value is -2.15. The molecule has 120 valence electrons. The van der Waals surface area contributed by atoms with Crippen molar-refractivity contribution in [1.29, 1.82) is 0 Å². The third-order valence-electron chi connectivity index (χ3n) is 4.11. The number of amides is 1. The molecule has 0 bridgehead atoms. The van der Waals surface area contributed by atoms with E-state index in [4.69, 9.17) is 0 Å². The summed E-state index contributed by atoms with van der Waals surface area (Å²) in [5, 5.41) is 20.9. The van der Waals surface area contributed by atoms with Crippen LogP contribution in [-0.4, -0.2) is 54.1 Å². The number of nitrogens with zero attached hydrogens (tertiary/aromatic N) is 3. The van der Waals surface area contributed by atoms with Crippen molar-refractivity contribution in [1.82, 2.24) is 4.90 Å². The second-order valence-electron chi connectivity index (χ2n) is 5.94. The number of non-ortho nitro benzene ring substituents is 1. The third-order valence-corrected chi connectivity index (χ3v) is 4.11. The van der Waals surface area contributed by atoms with Crippen LogP contribution < -0.4 is 4.90 Å². The summed E-state index contributed by atoms with van der Waals surface area (Å²) in [4.78, 5) is 26.5. The Morgan fingerprint density at radius 2 is 2.14 bits per heavy atom. The second-order valence-corrected chi connectivity index (χ2v) is 5.94. The van der Waals surface area contributed by atoms with Crippen molar-refractivity contribution in [2.75, 3.05) is 32.1 Å². The van der Waals surface area contributed by atoms with Gasteiger partial charge in [0.25, 0.3) is 11.6 Å². The Bertz CT molecular complexity index is 588. The van der Waals surface area contributed by atoms with Crippen LogP contribution in [0.5, 0.6) is 0 Å². The maximum absolute atomic E-state index is 12.7. The summed E-state index contributed by atoms with van der Waals surface area (Å²) < 4.78 is 0. The van der Waals surface area contributed by atoms with Crippen LogP contribution in [0.3, 0.4) is 0 Å². The van der Waals surface area contributed by atoms with Gasteiger partial charge in [0.2, 0.25) is 0 Å². The normalized spacial score (nSPS) is 21.5. The highest BCUT2D eigenvalue weighted by Crippen LogP contribution is 2.27. The van der Waals surface area contributed by atoms with Crippen LogP contribution in [0.4, 0.5) is 11.4 Å². The van der Waals surface area contributed by atoms with Crippen LogP contribution in [0, 0.1) is 16.0 Å². The largest absolute Gasteiger partial charge is 0.391 e. The molecule has 2 atom stereocenters. The van der Waals surface area contributed by atoms with Crippen LogP contribution in [0.2, 0.25) is 0 Å². The van der Waals surface area contributed by atoms with Crippen molar-refractivity contribution < 1.29 is 14.8 Å². The highest BCUT2D eigenvalue weighted by Gasteiger charge is 2.30. The van der Waals surface area contributed by atoms with Gasteiger partial charge in [-0.25, -0.2) is 0 Å². The molecule has 1 N–H and O–H groups in total. The molecule has 1 fully saturated rings. The molecule has 1 aromatic rings. The number of benzene rings is 1. The van der Waals surface area contributed by atoms with E-state index in [9.17, 15) is 20.0 Å². The number of nitro benzene ring substituents is 1. The van der Waals surface area contributed by atoms with E-state index in [1.54, 1.807) is 30.0 Å². The minimum atomic E-state index is -0.556. The highest BCUT2D eigenvalue weighted by atomic mass is 16.6. The summed E-state index contributed by atoms with van der Waals surface area (Å²) in [6, 6.07) is 4.27. The minimum Gasteiger partial charge on any atom is -0.391 e. The summed E-state index contributed by atoms with van der Waals surface area (Å²) in [6.07, 6.45) is 0.165. The first-order chi connectivity index (χ1) is 10.3. The van der Waals surface area contributed by atoms with Gasteiger partial charge >= 0.3 is 0 Å². The topological polar surface area (TPSA) is 86.9 Å². The second kappa shape index (κ2) is 6.31. The summed E-state index contributed by atoms with van der Waals surface area (Å²) in [5.74, 6) is -0.124. The standard InChI is InChI=1S/C15H21N3O4/c1-10-6-7-17(9-14(10)19)15(20)12-8-11(18(21)22)4-5-13(12)16(2)3/h4-5,8,10,14,19H,6-7,9H2,1-3H3. The average molecular weight is 307 g/mol. The molecule has 2 rings (SSSR count). The number of β-amino-alcohol motifs (C(OH)–C–C–N with tert-alkyl or cyclic N) is 1. The monoisotopic (exact) mass is 307 g/mol. The Labute approximate surface area is 129 Å². The van der Waals surface area contributed by atoms with Gasteiger partial charge in [-0.15, -0.1) is 0 Å². The number of aliphatic hydroxyl groups is 1. The maximum Gasteiger partial charge on any atom is 0.270 e. The number of hydrogen-bond donors (Lipinski definition) is 1. The van der Waals surface area contributed by atoms with Crippen LogP contribution >= 0.6 is 0 Å². The molecular weight excluding hydrogens is 286 g/mol. The molecule has 1 aliphatic heterocycles. The van der Waals surface area contributed by atoms with Gasteiger partial charge in [0.15, 0.2) is 0 Å². The first-order valence-corrected chi connectivity index (χ1v) is 7.24. The van der Waals surface area contributed by atoms with E-state index in [0.29, 0.717) is 17.8 Å². The number of aliphatic hydroxyl groups excluding tert-OH is 1. The fourth-order valence-corrected chi connectivity index (χ4v) is 2.60. The lowest BCUT2D eigenvalue weighted by molar-refractivity contribution is -0.384. The quantitative estimate of drug-likeness (QED) is 0.675. The zero-order valence-corrected chi connectivity index (χ0v) is 13.0. The molecule has 2 unspecified atom stereocenters. The zero-order chi connectivity index (χ0) is 16.4. The summed E-state index contributed by atoms with van der Waals surface area (Å²) in [5.41, 5.74) is 0.810. The molecule has 0 spiro atoms. The summed E-state index contributed by atoms with van der Waals surface area (Å²) >= 11 is 0. The van der Waals surface area contributed by atoms with Crippen molar-refractivity contribution in [3.8, 4) is 0 Å². The number of likely N-dealkylation sites (tertiary alicyclic amines) is 1. The molecule has 1 amide bonds. The first kappa shape index (κ1) is 16.2. The van der Waals surface area contributed by atoms with Gasteiger partial charge in [-0.3, -0.25) is 14.9 Å². The van der Waals surface area contributed by atoms with E-state index in [2.05, 4.69) is 0 Å². The lowest BCUT2D eigenvalue weighted by atomic mass is 9.95. The molecule has 0 saturated carbocycles. The van der Waals surface area contributed by atoms with Crippen molar-refractivity contribution in [3.63, 3.8) is 0 Å². The molecule has 1 aromatic carbocycles. The van der Waals surface area contributed by atoms with Crippen molar-refractivity contribution in [2.45, 2.75) is 19.4 Å². The molecule has 7 heteroatoms. The zero-order valence-electron chi connectivity index (χ0n) is 13.0. The molecule has 7 nitrogen and oxygen atoms in total. The number of hydrogen-bond acceptors (Lipinski definition) is 5. The van der Waals surface area contributed by atoms with Crippen molar-refractivity contribution >= 4 is 17.3 Å². The van der Waals surface area contributed by atoms with Crippen molar-refractivity contribution in [2.24, 2.45) is 5.92 Å². The predicted molar refractivity (Wildman–Crippen MR) is 83.1 cm³/mol. The number of carbonyl (C=O) groups excluding carboxylic acids is 1. The Balaban J connectivity index is 2.35. The van der Waals surface area contributed by atoms with E-state index in [1.165, 1.54) is 12.1 Å². The maximum atomic E-state index is 12.7. The lowest BCUT2D eigenvalue weighted by Crippen LogP contribution is -2.46. The SMILES string of the molecule is CC1CCN(C(=O)c2cc([N+](=O)[O-])ccc2N(C)C)CC1O. The molecule has 1 aliphatic rings. The molecular formula is C15H21N3O4. The first-order valence-electron chi connectivity index (χ1n) is 7.24. The van der Waals surface area contributed by atoms with Crippen LogP contribution in [0.1, 0.15) is 23.7 Å². The van der Waals surface area contributed by atoms with Gasteiger partial charge in [0.1, 0.15) is 0 Å². The van der Waals surface area contributed by atoms with E-state index in [-0.39, 0.29) is 24.1 Å². The fourth-order valence-electron chi connectivity index (χ4n) is 2.60. The molecule has 22 heavy (non-hydrogen) atoms. The predicted octanol–water partition coefficient (Wildman–Crippen LogP) is 1.50. The lowest BCUT2D eigenvalue weighted by Gasteiger charge is -2.34. The minimum absolute atomic E-state index is 0.111. The highest BCUT2D eigenvalue weighted by molar-refractivity contribution is 6.00. The average Bonchev–Trinajstić information content (AvgIpc) is 2.48. The number of carbonyl (C=O) groups is 1. The molecule has 1 heterocycles. The van der Waals surface area contributed by atoms with Crippen LogP contribution in [0.15, 0.2) is 18.2 Å². The fraction of sp³-hybridized carbons (Fsp3) is 0.533. The van der Waals surface area contributed by atoms with Crippen LogP contribution in [-0.2, 0) is 0 Å². The van der Waals surface area contributed by atoms with Gasteiger partial charge in [0.05, 0.1) is 16.6 Å². The van der Waals surface area contributed by atoms with Gasteiger partial charge in [-0.05, 0) is 18.4 Å². The number of piperidine rings is 1. The number of anilines is 1. The van der Waals surface area contributed by atoms with Crippen molar-refractivity contribution in [3.05, 3.63) is 33.9 Å². The Kier molecular flexibility index (Phi) is 4.65. The third kappa shape index (κ3) is 3.19. The van der Waals surface area contributed by atoms with E-state index >= 15 is 0 Å². The van der Waals surface area contributed by atoms with E-state index in [0.717, 1.165) is 6.42 Å². The molecule has 1 saturated heterocycles. The van der Waals surface area contributed by atoms with Crippen LogP contribution in [0.25, 0.3) is 0 Å². The summed E-state index contributed by atoms with van der Waals surface area (Å²) in [6.45, 7) is 2.76. The Morgan fingerprint density at radius 3 is 2.68 bits per heavy atom. The Morgan fingerprint density at radius 1 is 1.45 bits per heavy atom. The van der Waals surface area contributed by atoms with E-state index < -0.39 is 11.0 Å². The van der Waals surface area contributed by atoms with E-state index in [1.807, 2.05) is 6.92 Å². The van der Waals surface area contributed by atoms with Gasteiger partial charge in [-0.2, -0.15) is 0 Å². The molecule has 0 aliphatic carbocycles. The smallest absolute Gasteiger partial charge is 0.270 e. The molecule has 0 aromatic heterocycles. The van der Waals surface area contributed by atoms with Gasteiger partial charge in [0, 0.05) is 45.0 Å². The number of nitro groups is 1. The number of rotatable bonds is 3. The molecule has 0 radical (unpaired) electrons.